The minimum atomic E-state index is 1.11. The molecule has 0 atom stereocenters. The van der Waals surface area contributed by atoms with Crippen molar-refractivity contribution in [3.05, 3.63) is 24.3 Å². The van der Waals surface area contributed by atoms with Crippen LogP contribution in [0, 0.1) is 0 Å². The molecular formula is C10H18. The van der Waals surface area contributed by atoms with E-state index in [9.17, 15) is 0 Å². The van der Waals surface area contributed by atoms with Crippen LogP contribution in [0.1, 0.15) is 39.5 Å². The summed E-state index contributed by atoms with van der Waals surface area (Å²) in [5.74, 6) is 0. The fraction of sp³-hybridized carbons (Fsp3) is 0.600. The van der Waals surface area contributed by atoms with Crippen LogP contribution in [-0.2, 0) is 0 Å². The van der Waals surface area contributed by atoms with Crippen molar-refractivity contribution in [2.45, 2.75) is 39.5 Å². The lowest BCUT2D eigenvalue weighted by Crippen LogP contribution is -1.74. The molecule has 0 aliphatic carbocycles. The van der Waals surface area contributed by atoms with E-state index < -0.39 is 0 Å². The van der Waals surface area contributed by atoms with Crippen LogP contribution in [0.2, 0.25) is 0 Å². The Bertz CT molecular complexity index is 109. The molecule has 0 bridgehead atoms. The van der Waals surface area contributed by atoms with Crippen molar-refractivity contribution in [1.29, 1.82) is 0 Å². The molecule has 0 saturated carbocycles. The van der Waals surface area contributed by atoms with E-state index in [0.717, 1.165) is 12.8 Å². The van der Waals surface area contributed by atoms with Crippen molar-refractivity contribution in [2.75, 3.05) is 0 Å². The lowest BCUT2D eigenvalue weighted by molar-refractivity contribution is 0.889. The maximum absolute atomic E-state index is 3.67. The summed E-state index contributed by atoms with van der Waals surface area (Å²) in [5, 5.41) is 0. The highest BCUT2D eigenvalue weighted by atomic mass is 13.9. The van der Waals surface area contributed by atoms with Crippen molar-refractivity contribution < 1.29 is 0 Å². The second-order valence-corrected chi connectivity index (χ2v) is 2.67. The van der Waals surface area contributed by atoms with Crippen LogP contribution in [0.15, 0.2) is 24.3 Å². The van der Waals surface area contributed by atoms with Crippen LogP contribution >= 0.6 is 0 Å². The summed E-state index contributed by atoms with van der Waals surface area (Å²) in [6.07, 6.45) is 9.06. The molecule has 0 heteroatoms. The highest BCUT2D eigenvalue weighted by molar-refractivity contribution is 4.97. The predicted octanol–water partition coefficient (Wildman–Crippen LogP) is 3.70. The average molecular weight is 138 g/mol. The van der Waals surface area contributed by atoms with Gasteiger partial charge in [-0.15, -0.1) is 6.58 Å². The highest BCUT2D eigenvalue weighted by Gasteiger charge is 1.84. The number of unbranched alkanes of at least 4 members (excludes halogenated alkanes) is 1. The molecule has 0 aliphatic rings. The molecule has 0 spiro atoms. The van der Waals surface area contributed by atoms with Gasteiger partial charge in [0.1, 0.15) is 0 Å². The smallest absolute Gasteiger partial charge is 0.0314 e. The highest BCUT2D eigenvalue weighted by Crippen LogP contribution is 2.05. The van der Waals surface area contributed by atoms with Gasteiger partial charge in [0.25, 0.3) is 0 Å². The molecule has 0 aromatic rings. The van der Waals surface area contributed by atoms with Crippen LogP contribution in [0.5, 0.6) is 0 Å². The van der Waals surface area contributed by atoms with Gasteiger partial charge < -0.3 is 0 Å². The molecule has 0 N–H and O–H groups in total. The minimum absolute atomic E-state index is 1.11. The monoisotopic (exact) mass is 138 g/mol. The first kappa shape index (κ1) is 9.48. The van der Waals surface area contributed by atoms with E-state index in [2.05, 4.69) is 26.5 Å². The zero-order valence-electron chi connectivity index (χ0n) is 7.19. The molecule has 10 heavy (non-hydrogen) atoms. The Morgan fingerprint density at radius 3 is 2.60 bits per heavy atom. The maximum Gasteiger partial charge on any atom is -0.0314 e. The maximum atomic E-state index is 3.67. The first-order chi connectivity index (χ1) is 4.81. The second kappa shape index (κ2) is 6.60. The Hall–Kier alpha value is -0.520. The standard InChI is InChI=1S/C10H18/c1-4-6-7-9-10(3)8-5-2/h4,9H,1,5-8H2,2-3H3/b10-9+. The molecular weight excluding hydrogens is 120 g/mol. The molecule has 0 saturated heterocycles. The van der Waals surface area contributed by atoms with Gasteiger partial charge in [-0.2, -0.15) is 0 Å². The Morgan fingerprint density at radius 1 is 1.40 bits per heavy atom. The molecule has 0 aliphatic heterocycles. The summed E-state index contributed by atoms with van der Waals surface area (Å²) in [6, 6.07) is 0. The summed E-state index contributed by atoms with van der Waals surface area (Å²) in [6.45, 7) is 8.09. The van der Waals surface area contributed by atoms with E-state index in [-0.39, 0.29) is 0 Å². The van der Waals surface area contributed by atoms with E-state index >= 15 is 0 Å². The lowest BCUT2D eigenvalue weighted by atomic mass is 10.1. The van der Waals surface area contributed by atoms with Crippen LogP contribution in [-0.4, -0.2) is 0 Å². The number of rotatable bonds is 5. The molecule has 0 fully saturated rings. The minimum Gasteiger partial charge on any atom is -0.103 e. The van der Waals surface area contributed by atoms with E-state index in [1.165, 1.54) is 18.4 Å². The number of allylic oxidation sites excluding steroid dienone is 3. The molecule has 0 aromatic heterocycles. The molecule has 0 unspecified atom stereocenters. The Morgan fingerprint density at radius 2 is 2.10 bits per heavy atom. The Balaban J connectivity index is 3.36. The number of hydrogen-bond acceptors (Lipinski definition) is 0. The fourth-order valence-electron chi connectivity index (χ4n) is 0.944. The van der Waals surface area contributed by atoms with E-state index in [0.29, 0.717) is 0 Å². The van der Waals surface area contributed by atoms with Gasteiger partial charge in [0.2, 0.25) is 0 Å². The fourth-order valence-corrected chi connectivity index (χ4v) is 0.944. The van der Waals surface area contributed by atoms with Crippen LogP contribution in [0.25, 0.3) is 0 Å². The van der Waals surface area contributed by atoms with Crippen molar-refractivity contribution in [3.63, 3.8) is 0 Å². The summed E-state index contributed by atoms with van der Waals surface area (Å²) >= 11 is 0. The van der Waals surface area contributed by atoms with Crippen molar-refractivity contribution in [1.82, 2.24) is 0 Å². The largest absolute Gasteiger partial charge is 0.103 e. The topological polar surface area (TPSA) is 0 Å². The predicted molar refractivity (Wildman–Crippen MR) is 48.1 cm³/mol. The number of hydrogen-bond donors (Lipinski definition) is 0. The third-order valence-electron chi connectivity index (χ3n) is 1.51. The zero-order chi connectivity index (χ0) is 7.82. The normalized spacial score (nSPS) is 11.6. The van der Waals surface area contributed by atoms with Gasteiger partial charge in [-0.3, -0.25) is 0 Å². The summed E-state index contributed by atoms with van der Waals surface area (Å²) in [5.41, 5.74) is 1.52. The molecule has 0 amide bonds. The van der Waals surface area contributed by atoms with Crippen LogP contribution in [0.3, 0.4) is 0 Å². The molecule has 58 valence electrons. The third-order valence-corrected chi connectivity index (χ3v) is 1.51. The van der Waals surface area contributed by atoms with Crippen molar-refractivity contribution in [3.8, 4) is 0 Å². The van der Waals surface area contributed by atoms with Crippen molar-refractivity contribution in [2.24, 2.45) is 0 Å². The lowest BCUT2D eigenvalue weighted by Gasteiger charge is -1.95. The van der Waals surface area contributed by atoms with Gasteiger partial charge in [0.15, 0.2) is 0 Å². The molecule has 0 rings (SSSR count). The quantitative estimate of drug-likeness (QED) is 0.401. The first-order valence-electron chi connectivity index (χ1n) is 4.07. The zero-order valence-corrected chi connectivity index (χ0v) is 7.19. The summed E-state index contributed by atoms with van der Waals surface area (Å²) < 4.78 is 0. The van der Waals surface area contributed by atoms with Gasteiger partial charge in [-0.05, 0) is 26.2 Å². The Kier molecular flexibility index (Phi) is 6.25. The summed E-state index contributed by atoms with van der Waals surface area (Å²) in [4.78, 5) is 0. The van der Waals surface area contributed by atoms with Gasteiger partial charge in [-0.25, -0.2) is 0 Å². The molecule has 0 nitrogen and oxygen atoms in total. The second-order valence-electron chi connectivity index (χ2n) is 2.67. The van der Waals surface area contributed by atoms with E-state index in [1.807, 2.05) is 6.08 Å². The molecule has 0 aromatic carbocycles. The van der Waals surface area contributed by atoms with Gasteiger partial charge >= 0.3 is 0 Å². The Labute approximate surface area is 64.6 Å². The molecule has 0 heterocycles. The van der Waals surface area contributed by atoms with E-state index in [1.54, 1.807) is 0 Å². The van der Waals surface area contributed by atoms with Gasteiger partial charge in [0, 0.05) is 0 Å². The van der Waals surface area contributed by atoms with Gasteiger partial charge in [-0.1, -0.05) is 31.1 Å². The average Bonchev–Trinajstić information content (AvgIpc) is 1.89. The first-order valence-corrected chi connectivity index (χ1v) is 4.07. The van der Waals surface area contributed by atoms with Crippen LogP contribution in [0.4, 0.5) is 0 Å². The van der Waals surface area contributed by atoms with Gasteiger partial charge in [0.05, 0.1) is 0 Å². The third kappa shape index (κ3) is 5.61. The SMILES string of the molecule is C=CCC/C=C(\C)CCC. The summed E-state index contributed by atoms with van der Waals surface area (Å²) in [7, 11) is 0. The van der Waals surface area contributed by atoms with E-state index in [4.69, 9.17) is 0 Å². The van der Waals surface area contributed by atoms with Crippen molar-refractivity contribution >= 4 is 0 Å². The molecule has 0 radical (unpaired) electrons. The van der Waals surface area contributed by atoms with Crippen LogP contribution < -0.4 is 0 Å².